The summed E-state index contributed by atoms with van der Waals surface area (Å²) in [6.45, 7) is 2.00. The molecule has 1 aliphatic heterocycles. The Morgan fingerprint density at radius 1 is 1.69 bits per heavy atom. The molecule has 1 aromatic heterocycles. The first-order valence-corrected chi connectivity index (χ1v) is 5.22. The van der Waals surface area contributed by atoms with Gasteiger partial charge < -0.3 is 14.7 Å². The third-order valence-electron chi connectivity index (χ3n) is 2.59. The van der Waals surface area contributed by atoms with Crippen molar-refractivity contribution in [2.45, 2.75) is 6.10 Å². The van der Waals surface area contributed by atoms with Crippen molar-refractivity contribution in [2.24, 2.45) is 0 Å². The molecule has 5 heteroatoms. The SMILES string of the molecule is O=Cc1cc(N2CCO[C@H](CO)C2)ccn1. The molecule has 5 nitrogen and oxygen atoms in total. The quantitative estimate of drug-likeness (QED) is 0.734. The second kappa shape index (κ2) is 5.05. The summed E-state index contributed by atoms with van der Waals surface area (Å²) in [4.78, 5) is 16.6. The molecule has 1 saturated heterocycles. The fraction of sp³-hybridized carbons (Fsp3) is 0.455. The first-order valence-electron chi connectivity index (χ1n) is 5.22. The molecule has 0 saturated carbocycles. The summed E-state index contributed by atoms with van der Waals surface area (Å²) in [5.74, 6) is 0. The van der Waals surface area contributed by atoms with Gasteiger partial charge in [-0.2, -0.15) is 0 Å². The summed E-state index contributed by atoms with van der Waals surface area (Å²) in [7, 11) is 0. The van der Waals surface area contributed by atoms with E-state index in [9.17, 15) is 4.79 Å². The minimum Gasteiger partial charge on any atom is -0.394 e. The molecule has 0 amide bonds. The van der Waals surface area contributed by atoms with E-state index in [-0.39, 0.29) is 12.7 Å². The molecular formula is C11H14N2O3. The number of rotatable bonds is 3. The number of carbonyl (C=O) groups is 1. The number of pyridine rings is 1. The number of carbonyl (C=O) groups excluding carboxylic acids is 1. The van der Waals surface area contributed by atoms with Crippen LogP contribution in [0.1, 0.15) is 10.5 Å². The summed E-state index contributed by atoms with van der Waals surface area (Å²) < 4.78 is 5.36. The van der Waals surface area contributed by atoms with Gasteiger partial charge in [-0.15, -0.1) is 0 Å². The lowest BCUT2D eigenvalue weighted by Gasteiger charge is -2.33. The molecule has 1 aromatic rings. The Labute approximate surface area is 93.7 Å². The molecule has 2 rings (SSSR count). The van der Waals surface area contributed by atoms with Crippen molar-refractivity contribution in [3.05, 3.63) is 24.0 Å². The molecule has 1 fully saturated rings. The van der Waals surface area contributed by atoms with E-state index < -0.39 is 0 Å². The van der Waals surface area contributed by atoms with Gasteiger partial charge in [0.25, 0.3) is 0 Å². The molecule has 0 aliphatic carbocycles. The van der Waals surface area contributed by atoms with E-state index >= 15 is 0 Å². The summed E-state index contributed by atoms with van der Waals surface area (Å²) in [5.41, 5.74) is 1.36. The number of hydrogen-bond acceptors (Lipinski definition) is 5. The van der Waals surface area contributed by atoms with Crippen molar-refractivity contribution >= 4 is 12.0 Å². The van der Waals surface area contributed by atoms with Gasteiger partial charge in [-0.1, -0.05) is 0 Å². The van der Waals surface area contributed by atoms with Gasteiger partial charge in [0.05, 0.1) is 19.3 Å². The monoisotopic (exact) mass is 222 g/mol. The van der Waals surface area contributed by atoms with Crippen LogP contribution in [0.25, 0.3) is 0 Å². The highest BCUT2D eigenvalue weighted by molar-refractivity contribution is 5.74. The lowest BCUT2D eigenvalue weighted by molar-refractivity contribution is 0.00356. The van der Waals surface area contributed by atoms with Gasteiger partial charge in [0, 0.05) is 25.0 Å². The van der Waals surface area contributed by atoms with Crippen LogP contribution in [0, 0.1) is 0 Å². The third-order valence-corrected chi connectivity index (χ3v) is 2.59. The Balaban J connectivity index is 2.13. The number of anilines is 1. The van der Waals surface area contributed by atoms with Crippen LogP contribution in [-0.2, 0) is 4.74 Å². The largest absolute Gasteiger partial charge is 0.394 e. The molecular weight excluding hydrogens is 208 g/mol. The van der Waals surface area contributed by atoms with Crippen LogP contribution in [0.5, 0.6) is 0 Å². The van der Waals surface area contributed by atoms with Gasteiger partial charge in [0.2, 0.25) is 0 Å². The topological polar surface area (TPSA) is 62.7 Å². The number of hydrogen-bond donors (Lipinski definition) is 1. The Hall–Kier alpha value is -1.46. The average Bonchev–Trinajstić information content (AvgIpc) is 2.39. The van der Waals surface area contributed by atoms with Crippen molar-refractivity contribution < 1.29 is 14.6 Å². The van der Waals surface area contributed by atoms with Crippen molar-refractivity contribution in [3.8, 4) is 0 Å². The van der Waals surface area contributed by atoms with Gasteiger partial charge >= 0.3 is 0 Å². The van der Waals surface area contributed by atoms with Crippen molar-refractivity contribution in [3.63, 3.8) is 0 Å². The molecule has 1 aliphatic rings. The summed E-state index contributed by atoms with van der Waals surface area (Å²) in [6, 6.07) is 3.60. The van der Waals surface area contributed by atoms with Crippen LogP contribution >= 0.6 is 0 Å². The van der Waals surface area contributed by atoms with E-state index in [1.807, 2.05) is 6.07 Å². The first kappa shape index (κ1) is 11.0. The maximum atomic E-state index is 10.6. The fourth-order valence-electron chi connectivity index (χ4n) is 1.76. The minimum atomic E-state index is -0.151. The van der Waals surface area contributed by atoms with Crippen molar-refractivity contribution in [1.82, 2.24) is 4.98 Å². The predicted octanol–water partition coefficient (Wildman–Crippen LogP) is 0.0916. The van der Waals surface area contributed by atoms with Crippen LogP contribution in [0.4, 0.5) is 5.69 Å². The molecule has 16 heavy (non-hydrogen) atoms. The highest BCUT2D eigenvalue weighted by Crippen LogP contribution is 2.17. The molecule has 0 bridgehead atoms. The van der Waals surface area contributed by atoms with Gasteiger partial charge in [-0.3, -0.25) is 9.78 Å². The number of aldehydes is 1. The Kier molecular flexibility index (Phi) is 3.48. The molecule has 0 aromatic carbocycles. The number of morpholine rings is 1. The fourth-order valence-corrected chi connectivity index (χ4v) is 1.76. The minimum absolute atomic E-state index is 0.0160. The number of aromatic nitrogens is 1. The molecule has 0 unspecified atom stereocenters. The summed E-state index contributed by atoms with van der Waals surface area (Å²) in [5, 5.41) is 9.04. The van der Waals surface area contributed by atoms with E-state index in [2.05, 4.69) is 9.88 Å². The Bertz CT molecular complexity index is 370. The van der Waals surface area contributed by atoms with Gasteiger partial charge in [-0.05, 0) is 12.1 Å². The highest BCUT2D eigenvalue weighted by Gasteiger charge is 2.19. The maximum absolute atomic E-state index is 10.6. The second-order valence-electron chi connectivity index (χ2n) is 3.68. The smallest absolute Gasteiger partial charge is 0.168 e. The predicted molar refractivity (Wildman–Crippen MR) is 58.7 cm³/mol. The average molecular weight is 222 g/mol. The highest BCUT2D eigenvalue weighted by atomic mass is 16.5. The number of aliphatic hydroxyl groups is 1. The lowest BCUT2D eigenvalue weighted by atomic mass is 10.2. The van der Waals surface area contributed by atoms with Gasteiger partial charge in [0.15, 0.2) is 6.29 Å². The van der Waals surface area contributed by atoms with E-state index in [1.54, 1.807) is 12.3 Å². The molecule has 2 heterocycles. The lowest BCUT2D eigenvalue weighted by Crippen LogP contribution is -2.44. The normalized spacial score (nSPS) is 20.8. The second-order valence-corrected chi connectivity index (χ2v) is 3.68. The number of aliphatic hydroxyl groups excluding tert-OH is 1. The van der Waals surface area contributed by atoms with E-state index in [0.29, 0.717) is 18.8 Å². The molecule has 0 radical (unpaired) electrons. The zero-order chi connectivity index (χ0) is 11.4. The van der Waals surface area contributed by atoms with Crippen LogP contribution in [0.2, 0.25) is 0 Å². The first-order chi connectivity index (χ1) is 7.83. The van der Waals surface area contributed by atoms with Gasteiger partial charge in [0.1, 0.15) is 5.69 Å². The van der Waals surface area contributed by atoms with Crippen LogP contribution in [-0.4, -0.2) is 48.8 Å². The van der Waals surface area contributed by atoms with Crippen molar-refractivity contribution in [2.75, 3.05) is 31.2 Å². The van der Waals surface area contributed by atoms with E-state index in [1.165, 1.54) is 0 Å². The number of ether oxygens (including phenoxy) is 1. The van der Waals surface area contributed by atoms with Gasteiger partial charge in [-0.25, -0.2) is 0 Å². The summed E-state index contributed by atoms with van der Waals surface area (Å²) in [6.07, 6.45) is 2.19. The standard InChI is InChI=1S/C11H14N2O3/c14-7-9-5-10(1-2-12-9)13-3-4-16-11(6-13)8-15/h1-2,5,7,11,15H,3-4,6,8H2/t11-/m0/s1. The molecule has 1 atom stereocenters. The molecule has 0 spiro atoms. The Morgan fingerprint density at radius 2 is 2.56 bits per heavy atom. The van der Waals surface area contributed by atoms with Crippen LogP contribution < -0.4 is 4.90 Å². The third kappa shape index (κ3) is 2.37. The van der Waals surface area contributed by atoms with Crippen LogP contribution in [0.3, 0.4) is 0 Å². The van der Waals surface area contributed by atoms with Crippen LogP contribution in [0.15, 0.2) is 18.3 Å². The molecule has 86 valence electrons. The number of nitrogens with zero attached hydrogens (tertiary/aromatic N) is 2. The Morgan fingerprint density at radius 3 is 3.31 bits per heavy atom. The molecule has 1 N–H and O–H groups in total. The van der Waals surface area contributed by atoms with E-state index in [4.69, 9.17) is 9.84 Å². The maximum Gasteiger partial charge on any atom is 0.168 e. The zero-order valence-corrected chi connectivity index (χ0v) is 8.87. The zero-order valence-electron chi connectivity index (χ0n) is 8.87. The summed E-state index contributed by atoms with van der Waals surface area (Å²) >= 11 is 0. The van der Waals surface area contributed by atoms with E-state index in [0.717, 1.165) is 18.5 Å². The van der Waals surface area contributed by atoms with Crippen molar-refractivity contribution in [1.29, 1.82) is 0 Å².